The third kappa shape index (κ3) is 5.44. The van der Waals surface area contributed by atoms with Crippen LogP contribution in [-0.2, 0) is 10.0 Å². The Bertz CT molecular complexity index is 569. The second-order valence-corrected chi connectivity index (χ2v) is 7.31. The average Bonchev–Trinajstić information content (AvgIpc) is 2.52. The lowest BCUT2D eigenvalue weighted by Gasteiger charge is -2.10. The highest BCUT2D eigenvalue weighted by Gasteiger charge is 2.14. The van der Waals surface area contributed by atoms with E-state index in [4.69, 9.17) is 0 Å². The number of sulfonamides is 1. The topological polar surface area (TPSA) is 58.5 Å². The zero-order valence-corrected chi connectivity index (χ0v) is 14.9. The first kappa shape index (κ1) is 18.7. The van der Waals surface area contributed by atoms with Gasteiger partial charge in [0.05, 0.1) is 4.90 Å². The van der Waals surface area contributed by atoms with Crippen molar-refractivity contribution >= 4 is 15.7 Å². The van der Waals surface area contributed by atoms with E-state index in [1.165, 1.54) is 0 Å². The number of nitrogens with one attached hydrogen (secondary N) is 1. The molecule has 0 aliphatic heterocycles. The van der Waals surface area contributed by atoms with Crippen molar-refractivity contribution in [2.75, 3.05) is 0 Å². The molecule has 1 rings (SSSR count). The highest BCUT2D eigenvalue weighted by molar-refractivity contribution is 7.89. The molecule has 1 aromatic carbocycles. The molecule has 4 nitrogen and oxygen atoms in total. The van der Waals surface area contributed by atoms with Crippen LogP contribution in [0.15, 0.2) is 34.3 Å². The molecule has 1 N–H and O–H groups in total. The Hall–Kier alpha value is -1.36. The van der Waals surface area contributed by atoms with Gasteiger partial charge in [0.1, 0.15) is 0 Å². The molecule has 0 bridgehead atoms. The van der Waals surface area contributed by atoms with E-state index in [1.54, 1.807) is 12.1 Å². The molecule has 0 saturated carbocycles. The van der Waals surface area contributed by atoms with Crippen LogP contribution in [0, 0.1) is 0 Å². The number of hydrogen-bond acceptors (Lipinski definition) is 3. The van der Waals surface area contributed by atoms with Crippen molar-refractivity contribution in [2.45, 2.75) is 70.6 Å². The fourth-order valence-electron chi connectivity index (χ4n) is 2.20. The van der Waals surface area contributed by atoms with Gasteiger partial charge in [0.25, 0.3) is 10.0 Å². The molecule has 0 fully saturated rings. The van der Waals surface area contributed by atoms with Crippen molar-refractivity contribution in [3.8, 4) is 0 Å². The zero-order chi connectivity index (χ0) is 16.6. The predicted octanol–water partition coefficient (Wildman–Crippen LogP) is 4.43. The van der Waals surface area contributed by atoms with Crippen molar-refractivity contribution in [3.63, 3.8) is 0 Å². The maximum absolute atomic E-state index is 12.3. The van der Waals surface area contributed by atoms with Crippen LogP contribution in [0.3, 0.4) is 0 Å². The molecule has 0 radical (unpaired) electrons. The summed E-state index contributed by atoms with van der Waals surface area (Å²) in [6.45, 7) is 8.38. The quantitative estimate of drug-likeness (QED) is 0.539. The van der Waals surface area contributed by atoms with Crippen molar-refractivity contribution in [2.24, 2.45) is 5.10 Å². The lowest BCUT2D eigenvalue weighted by Crippen LogP contribution is -2.20. The third-order valence-electron chi connectivity index (χ3n) is 3.77. The Morgan fingerprint density at radius 2 is 1.64 bits per heavy atom. The highest BCUT2D eigenvalue weighted by Crippen LogP contribution is 2.20. The van der Waals surface area contributed by atoms with E-state index in [1.807, 2.05) is 12.1 Å². The Balaban J connectivity index is 2.87. The molecule has 0 unspecified atom stereocenters. The minimum atomic E-state index is -3.58. The SMILES string of the molecule is CCCC(CCC)=NNS(=O)(=O)c1ccc([C@@H](C)CC)cc1. The van der Waals surface area contributed by atoms with Gasteiger partial charge in [-0.05, 0) is 42.9 Å². The van der Waals surface area contributed by atoms with E-state index < -0.39 is 10.0 Å². The van der Waals surface area contributed by atoms with Crippen LogP contribution in [0.1, 0.15) is 71.3 Å². The molecule has 5 heteroatoms. The fraction of sp³-hybridized carbons (Fsp3) is 0.588. The largest absolute Gasteiger partial charge is 0.276 e. The number of rotatable bonds is 9. The zero-order valence-electron chi connectivity index (χ0n) is 14.1. The van der Waals surface area contributed by atoms with Crippen molar-refractivity contribution in [1.82, 2.24) is 4.83 Å². The normalized spacial score (nSPS) is 12.7. The summed E-state index contributed by atoms with van der Waals surface area (Å²) >= 11 is 0. The number of hydrazone groups is 1. The van der Waals surface area contributed by atoms with Gasteiger partial charge >= 0.3 is 0 Å². The van der Waals surface area contributed by atoms with Crippen LogP contribution in [0.5, 0.6) is 0 Å². The molecule has 124 valence electrons. The van der Waals surface area contributed by atoms with Gasteiger partial charge in [0, 0.05) is 5.71 Å². The molecule has 1 atom stereocenters. The molecule has 0 aliphatic rings. The van der Waals surface area contributed by atoms with Gasteiger partial charge in [-0.15, -0.1) is 0 Å². The lowest BCUT2D eigenvalue weighted by atomic mass is 9.99. The molecule has 0 aromatic heterocycles. The van der Waals surface area contributed by atoms with Crippen molar-refractivity contribution in [3.05, 3.63) is 29.8 Å². The minimum Gasteiger partial charge on any atom is -0.200 e. The van der Waals surface area contributed by atoms with Crippen LogP contribution < -0.4 is 4.83 Å². The van der Waals surface area contributed by atoms with Gasteiger partial charge in [-0.1, -0.05) is 52.7 Å². The first-order valence-corrected chi connectivity index (χ1v) is 9.60. The standard InChI is InChI=1S/C17H28N2O2S/c1-5-8-16(9-6-2)18-19-22(20,21)17-12-10-15(11-13-17)14(4)7-3/h10-14,19H,5-9H2,1-4H3/t14-/m0/s1. The van der Waals surface area contributed by atoms with Gasteiger partial charge in [-0.25, -0.2) is 4.83 Å². The molecular weight excluding hydrogens is 296 g/mol. The molecule has 0 heterocycles. The summed E-state index contributed by atoms with van der Waals surface area (Å²) in [6, 6.07) is 7.06. The molecule has 0 saturated heterocycles. The molecule has 0 spiro atoms. The summed E-state index contributed by atoms with van der Waals surface area (Å²) in [5, 5.41) is 4.10. The van der Waals surface area contributed by atoms with Gasteiger partial charge in [-0.3, -0.25) is 0 Å². The fourth-order valence-corrected chi connectivity index (χ4v) is 3.05. The van der Waals surface area contributed by atoms with E-state index in [0.29, 0.717) is 5.92 Å². The maximum Gasteiger partial charge on any atom is 0.276 e. The molecule has 0 amide bonds. The van der Waals surface area contributed by atoms with Crippen molar-refractivity contribution < 1.29 is 8.42 Å². The van der Waals surface area contributed by atoms with Gasteiger partial charge < -0.3 is 0 Å². The van der Waals surface area contributed by atoms with Crippen molar-refractivity contribution in [1.29, 1.82) is 0 Å². The van der Waals surface area contributed by atoms with Crippen LogP contribution in [-0.4, -0.2) is 14.1 Å². The Morgan fingerprint density at radius 1 is 1.09 bits per heavy atom. The van der Waals surface area contributed by atoms with Crippen LogP contribution in [0.2, 0.25) is 0 Å². The summed E-state index contributed by atoms with van der Waals surface area (Å²) in [5.74, 6) is 0.434. The number of nitrogens with zero attached hydrogens (tertiary/aromatic N) is 1. The molecular formula is C17H28N2O2S. The summed E-state index contributed by atoms with van der Waals surface area (Å²) < 4.78 is 24.6. The molecule has 0 aliphatic carbocycles. The first-order chi connectivity index (χ1) is 10.4. The minimum absolute atomic E-state index is 0.260. The van der Waals surface area contributed by atoms with Crippen LogP contribution in [0.25, 0.3) is 0 Å². The Labute approximate surface area is 135 Å². The second kappa shape index (κ2) is 8.93. The van der Waals surface area contributed by atoms with Crippen LogP contribution in [0.4, 0.5) is 0 Å². The van der Waals surface area contributed by atoms with Crippen LogP contribution >= 0.6 is 0 Å². The Kier molecular flexibility index (Phi) is 7.59. The van der Waals surface area contributed by atoms with E-state index in [2.05, 4.69) is 37.6 Å². The predicted molar refractivity (Wildman–Crippen MR) is 92.7 cm³/mol. The molecule has 22 heavy (non-hydrogen) atoms. The second-order valence-electron chi connectivity index (χ2n) is 5.65. The van der Waals surface area contributed by atoms with E-state index >= 15 is 0 Å². The van der Waals surface area contributed by atoms with E-state index in [9.17, 15) is 8.42 Å². The number of benzene rings is 1. The van der Waals surface area contributed by atoms with E-state index in [-0.39, 0.29) is 4.90 Å². The third-order valence-corrected chi connectivity index (χ3v) is 5.00. The smallest absolute Gasteiger partial charge is 0.200 e. The van der Waals surface area contributed by atoms with E-state index in [0.717, 1.165) is 43.4 Å². The highest BCUT2D eigenvalue weighted by atomic mass is 32.2. The summed E-state index contributed by atoms with van der Waals surface area (Å²) in [7, 11) is -3.58. The van der Waals surface area contributed by atoms with Gasteiger partial charge in [0.2, 0.25) is 0 Å². The van der Waals surface area contributed by atoms with Gasteiger partial charge in [0.15, 0.2) is 0 Å². The maximum atomic E-state index is 12.3. The lowest BCUT2D eigenvalue weighted by molar-refractivity contribution is 0.584. The average molecular weight is 324 g/mol. The molecule has 1 aromatic rings. The first-order valence-electron chi connectivity index (χ1n) is 8.11. The summed E-state index contributed by atoms with van der Waals surface area (Å²) in [4.78, 5) is 2.63. The summed E-state index contributed by atoms with van der Waals surface area (Å²) in [5.41, 5.74) is 2.06. The number of hydrogen-bond donors (Lipinski definition) is 1. The Morgan fingerprint density at radius 3 is 2.09 bits per heavy atom. The summed E-state index contributed by atoms with van der Waals surface area (Å²) in [6.07, 6.45) is 4.60. The van der Waals surface area contributed by atoms with Gasteiger partial charge in [-0.2, -0.15) is 13.5 Å². The monoisotopic (exact) mass is 324 g/mol.